The van der Waals surface area contributed by atoms with Crippen LogP contribution < -0.4 is 45.8 Å². The molecular weight excluding hydrogens is 887 g/mol. The van der Waals surface area contributed by atoms with Crippen molar-refractivity contribution in [3.05, 3.63) is 68.3 Å². The maximum atomic E-state index is 12.5. The summed E-state index contributed by atoms with van der Waals surface area (Å²) in [5, 5.41) is 102. The molecule has 1 aromatic heterocycles. The molecule has 5 atom stereocenters. The van der Waals surface area contributed by atoms with E-state index in [1.807, 2.05) is 0 Å². The molecule has 4 aliphatic heterocycles. The smallest absolute Gasteiger partial charge is 0.664 e. The molecule has 0 N–H and O–H groups in total. The van der Waals surface area contributed by atoms with Crippen molar-refractivity contribution in [2.45, 2.75) is 104 Å². The molecule has 5 rings (SSSR count). The fourth-order valence-corrected chi connectivity index (χ4v) is 9.51. The monoisotopic (exact) mass is 927 g/mol. The van der Waals surface area contributed by atoms with Crippen LogP contribution in [0.15, 0.2) is 50.5 Å². The molecule has 64 heavy (non-hydrogen) atoms. The molecule has 5 heterocycles. The van der Waals surface area contributed by atoms with Gasteiger partial charge in [-0.25, -0.2) is 0 Å². The first-order valence-corrected chi connectivity index (χ1v) is 20.0. The van der Waals surface area contributed by atoms with E-state index in [2.05, 4.69) is 0 Å². The van der Waals surface area contributed by atoms with E-state index in [-0.39, 0.29) is 117 Å². The maximum Gasteiger partial charge on any atom is 2.00 e. The number of fused-ring (bicyclic) bond motifs is 6. The molecule has 4 aliphatic rings. The van der Waals surface area contributed by atoms with Crippen molar-refractivity contribution in [2.75, 3.05) is 0 Å². The Kier molecular flexibility index (Phi) is 15.7. The van der Waals surface area contributed by atoms with Gasteiger partial charge in [0.2, 0.25) is 0 Å². The summed E-state index contributed by atoms with van der Waals surface area (Å²) in [6, 6.07) is 0. The van der Waals surface area contributed by atoms with Gasteiger partial charge in [0.05, 0.1) is 5.71 Å². The van der Waals surface area contributed by atoms with E-state index in [0.717, 1.165) is 0 Å². The Hall–Kier alpha value is -6.35. The van der Waals surface area contributed by atoms with Gasteiger partial charge in [0.25, 0.3) is 0 Å². The zero-order chi connectivity index (χ0) is 46.7. The Morgan fingerprint density at radius 1 is 0.672 bits per heavy atom. The molecule has 8 bridgehead atoms. The van der Waals surface area contributed by atoms with Gasteiger partial charge in [0.1, 0.15) is 0 Å². The summed E-state index contributed by atoms with van der Waals surface area (Å²) in [4.78, 5) is 111. The molecular formula is C43H40CoN4O16-8. The second-order valence-electron chi connectivity index (χ2n) is 16.6. The molecule has 0 spiro atoms. The first-order valence-electron chi connectivity index (χ1n) is 20.0. The van der Waals surface area contributed by atoms with Crippen LogP contribution in [0.1, 0.15) is 107 Å². The predicted octanol–water partition coefficient (Wildman–Crippen LogP) is -5.91. The van der Waals surface area contributed by atoms with Crippen LogP contribution in [0.3, 0.4) is 0 Å². The number of rotatable bonds is 20. The summed E-state index contributed by atoms with van der Waals surface area (Å²) in [6.07, 6.45) is -4.86. The van der Waals surface area contributed by atoms with Gasteiger partial charge < -0.3 is 89.5 Å². The predicted molar refractivity (Wildman–Crippen MR) is 198 cm³/mol. The normalized spacial score (nSPS) is 24.7. The molecule has 0 amide bonds. The molecule has 20 nitrogen and oxygen atoms in total. The third-order valence-corrected chi connectivity index (χ3v) is 12.3. The van der Waals surface area contributed by atoms with E-state index in [1.54, 1.807) is 0 Å². The summed E-state index contributed by atoms with van der Waals surface area (Å²) in [6.45, 7) is 4.32. The Balaban J connectivity index is 0.00000898. The summed E-state index contributed by atoms with van der Waals surface area (Å²) in [7, 11) is 0. The first kappa shape index (κ1) is 50.3. The fraction of sp³-hybridized carbons (Fsp3) is 0.488. The van der Waals surface area contributed by atoms with Crippen LogP contribution in [0.5, 0.6) is 0 Å². The Bertz CT molecular complexity index is 2370. The number of carbonyl (C=O) groups is 8. The molecule has 0 aromatic carbocycles. The number of nitrogens with zero attached hydrogens (tertiary/aromatic N) is 4. The minimum Gasteiger partial charge on any atom is -0.664 e. The minimum absolute atomic E-state index is 0. The van der Waals surface area contributed by atoms with Crippen LogP contribution in [0.25, 0.3) is 10.9 Å². The van der Waals surface area contributed by atoms with Crippen LogP contribution in [-0.4, -0.2) is 59.2 Å². The fourth-order valence-electron chi connectivity index (χ4n) is 9.51. The number of aliphatic carboxylic acids is 8. The van der Waals surface area contributed by atoms with E-state index in [4.69, 9.17) is 20.3 Å². The van der Waals surface area contributed by atoms with Gasteiger partial charge in [-0.3, -0.25) is 9.98 Å². The second kappa shape index (κ2) is 20.0. The Labute approximate surface area is 375 Å². The van der Waals surface area contributed by atoms with Crippen molar-refractivity contribution in [2.24, 2.45) is 38.6 Å². The summed E-state index contributed by atoms with van der Waals surface area (Å²) >= 11 is 0. The topological polar surface area (TPSA) is 374 Å². The van der Waals surface area contributed by atoms with Gasteiger partial charge in [-0.2, -0.15) is 11.4 Å². The zero-order valence-electron chi connectivity index (χ0n) is 34.7. The van der Waals surface area contributed by atoms with E-state index in [1.165, 1.54) is 32.9 Å². The molecule has 0 saturated carbocycles. The van der Waals surface area contributed by atoms with Crippen molar-refractivity contribution in [3.8, 4) is 0 Å². The second-order valence-corrected chi connectivity index (χ2v) is 16.6. The van der Waals surface area contributed by atoms with E-state index < -0.39 is 128 Å². The molecule has 1 radical (unpaired) electrons. The average molecular weight is 928 g/mol. The molecule has 345 valence electrons. The van der Waals surface area contributed by atoms with Crippen LogP contribution in [0.4, 0.5) is 0 Å². The van der Waals surface area contributed by atoms with Crippen LogP contribution >= 0.6 is 0 Å². The summed E-state index contributed by atoms with van der Waals surface area (Å²) < 4.78 is 0. The average Bonchev–Trinajstić information content (AvgIpc) is 3.80. The van der Waals surface area contributed by atoms with Gasteiger partial charge in [0, 0.05) is 88.5 Å². The van der Waals surface area contributed by atoms with Crippen LogP contribution in [-0.2, 0) is 74.4 Å². The molecule has 1 unspecified atom stereocenters. The van der Waals surface area contributed by atoms with E-state index in [0.29, 0.717) is 0 Å². The zero-order valence-corrected chi connectivity index (χ0v) is 35.8. The van der Waals surface area contributed by atoms with E-state index in [9.17, 15) is 79.2 Å². The number of carboxylic acid groups (broad SMARTS) is 8. The number of carboxylic acids is 8. The van der Waals surface area contributed by atoms with Gasteiger partial charge in [-0.05, 0) is 107 Å². The van der Waals surface area contributed by atoms with Crippen LogP contribution in [0.2, 0.25) is 0 Å². The standard InChI is InChI=1S/C43H49N4O16.Co/c1-19-40-23(13-37(58)59)21(5-9-33(50)51)27(46-40)14-26-20(4-8-32(48)49)22(12-36(56)57)28(44-26)15-29-24(6-10-34(52)53)42(2,17-38(60)61)31(45-29)16-30-25(7-11-35(54)55)43(3,18-39(62)63)41(19)47-30;/h15-16,22,24-25H,4-14,17-18H2,1-3H3,(H9,44,45,47,48,49,50,51,52,53,54,55,56,57,58,59,60,61,62,63);/q-1;+2/p-9/b41-19-;/t22?,24-,25-,42+,43+;/m1./s1. The van der Waals surface area contributed by atoms with Gasteiger partial charge in [0.15, 0.2) is 0 Å². The van der Waals surface area contributed by atoms with Gasteiger partial charge in [-0.1, -0.05) is 36.6 Å². The van der Waals surface area contributed by atoms with Crippen molar-refractivity contribution in [3.63, 3.8) is 0 Å². The molecule has 0 aliphatic carbocycles. The third kappa shape index (κ3) is 10.9. The number of hydrogen-bond acceptors (Lipinski definition) is 18. The third-order valence-electron chi connectivity index (χ3n) is 12.3. The van der Waals surface area contributed by atoms with E-state index >= 15 is 0 Å². The summed E-state index contributed by atoms with van der Waals surface area (Å²) in [5.41, 5.74) is -3.33. The number of allylic oxidation sites excluding steroid dienone is 8. The minimum atomic E-state index is -1.67. The van der Waals surface area contributed by atoms with Crippen molar-refractivity contribution < 1.29 is 96.0 Å². The van der Waals surface area contributed by atoms with Gasteiger partial charge in [-0.15, -0.1) is 11.4 Å². The number of carbonyl (C=O) groups excluding carboxylic acids is 8. The summed E-state index contributed by atoms with van der Waals surface area (Å²) in [5.74, 6) is -16.0. The Morgan fingerprint density at radius 2 is 1.23 bits per heavy atom. The largest absolute Gasteiger partial charge is 2.00 e. The van der Waals surface area contributed by atoms with Crippen molar-refractivity contribution in [1.29, 1.82) is 0 Å². The first-order chi connectivity index (χ1) is 29.4. The van der Waals surface area contributed by atoms with Gasteiger partial charge >= 0.3 is 16.8 Å². The van der Waals surface area contributed by atoms with Crippen molar-refractivity contribution in [1.82, 2.24) is 4.98 Å². The molecule has 21 heteroatoms. The SMILES string of the molecule is C/C1=C2/[N-]C(=CC3=NC(=CC4=NC(=C(CCC(=O)[O-])C4CC(=O)[O-])Cc4[n-]c1c(CC(=O)[O-])c4CCC(=O)[O-])[C@@H](CCC(=O)[O-])[C@]3(C)CC(=O)[O-])[C@@H](CCC(=O)[O-])[C@]2(C)CC(=O)[O-].[Co+2]. The van der Waals surface area contributed by atoms with Crippen molar-refractivity contribution >= 4 is 64.8 Å². The molecule has 1 saturated heterocycles. The quantitative estimate of drug-likeness (QED) is 0.117. The number of hydrogen-bond donors (Lipinski definition) is 0. The maximum absolute atomic E-state index is 12.5. The Morgan fingerprint density at radius 3 is 1.78 bits per heavy atom. The van der Waals surface area contributed by atoms with Crippen LogP contribution in [0, 0.1) is 28.6 Å². The molecule has 1 aromatic rings. The molecule has 1 fully saturated rings. The number of aromatic nitrogens is 1. The number of aliphatic imine (C=N–C) groups is 2.